The van der Waals surface area contributed by atoms with Crippen LogP contribution in [-0.2, 0) is 12.8 Å². The number of alkyl halides is 2. The molecule has 0 saturated heterocycles. The van der Waals surface area contributed by atoms with Crippen LogP contribution in [0.2, 0.25) is 0 Å². The fourth-order valence-corrected chi connectivity index (χ4v) is 2.38. The molecule has 0 amide bonds. The molecule has 0 aliphatic heterocycles. The number of hydrogen-bond donors (Lipinski definition) is 0. The zero-order valence-corrected chi connectivity index (χ0v) is 10.8. The maximum absolute atomic E-state index is 11.7. The second-order valence-electron chi connectivity index (χ2n) is 3.50. The van der Waals surface area contributed by atoms with Crippen LogP contribution in [-0.4, -0.2) is 9.52 Å². The molecule has 0 spiro atoms. The van der Waals surface area contributed by atoms with E-state index in [1.54, 1.807) is 0 Å². The number of hydrogen-bond acceptors (Lipinski definition) is 1. The van der Waals surface area contributed by atoms with Crippen molar-refractivity contribution in [3.05, 3.63) is 34.9 Å². The molecule has 0 bridgehead atoms. The average Bonchev–Trinajstić information content (AvgIpc) is 2.62. The first-order valence-electron chi connectivity index (χ1n) is 4.62. The second kappa shape index (κ2) is 4.15. The lowest BCUT2D eigenvalue weighted by Crippen LogP contribution is -2.07. The molecular weight excluding hydrogens is 308 g/mol. The predicted molar refractivity (Wildman–Crippen MR) is 64.4 cm³/mol. The largest absolute Gasteiger partial charge is 0.292 e. The number of fused-ring (bicyclic) bond motifs is 1. The Bertz CT molecular complexity index is 372. The van der Waals surface area contributed by atoms with Gasteiger partial charge in [-0.2, -0.15) is 0 Å². The molecule has 3 heteroatoms. The SMILES string of the molecule is O=C(c1ccc2c(c1)CCC2)C(Br)Br. The minimum absolute atomic E-state index is 0.0969. The van der Waals surface area contributed by atoms with Crippen LogP contribution in [0.4, 0.5) is 0 Å². The lowest BCUT2D eigenvalue weighted by atomic mass is 10.0. The number of aryl methyl sites for hydroxylation is 2. The summed E-state index contributed by atoms with van der Waals surface area (Å²) in [6.07, 6.45) is 3.50. The maximum atomic E-state index is 11.7. The molecule has 0 saturated carbocycles. The van der Waals surface area contributed by atoms with Crippen molar-refractivity contribution in [3.63, 3.8) is 0 Å². The van der Waals surface area contributed by atoms with Crippen LogP contribution in [0, 0.1) is 0 Å². The van der Waals surface area contributed by atoms with Crippen LogP contribution in [0.15, 0.2) is 18.2 Å². The first kappa shape index (κ1) is 10.4. The molecule has 1 aliphatic carbocycles. The molecule has 0 atom stereocenters. The van der Waals surface area contributed by atoms with E-state index in [0.717, 1.165) is 18.4 Å². The van der Waals surface area contributed by atoms with Crippen molar-refractivity contribution in [3.8, 4) is 0 Å². The molecule has 0 unspecified atom stereocenters. The van der Waals surface area contributed by atoms with Gasteiger partial charge in [-0.1, -0.05) is 44.0 Å². The molecule has 0 heterocycles. The van der Waals surface area contributed by atoms with E-state index in [4.69, 9.17) is 0 Å². The van der Waals surface area contributed by atoms with E-state index >= 15 is 0 Å². The predicted octanol–water partition coefficient (Wildman–Crippen LogP) is 3.47. The summed E-state index contributed by atoms with van der Waals surface area (Å²) in [5.74, 6) is 0.0969. The molecule has 0 radical (unpaired) electrons. The van der Waals surface area contributed by atoms with Crippen LogP contribution >= 0.6 is 31.9 Å². The zero-order chi connectivity index (χ0) is 10.1. The van der Waals surface area contributed by atoms with E-state index in [1.165, 1.54) is 17.5 Å². The van der Waals surface area contributed by atoms with Gasteiger partial charge in [-0.25, -0.2) is 0 Å². The Labute approximate surface area is 100 Å². The summed E-state index contributed by atoms with van der Waals surface area (Å²) in [5.41, 5.74) is 3.54. The van der Waals surface area contributed by atoms with Crippen molar-refractivity contribution in [1.29, 1.82) is 0 Å². The Morgan fingerprint density at radius 1 is 1.21 bits per heavy atom. The molecule has 2 rings (SSSR count). The molecule has 1 aliphatic rings. The van der Waals surface area contributed by atoms with E-state index in [9.17, 15) is 4.79 Å². The number of Topliss-reactive ketones (excluding diaryl/α,β-unsaturated/α-hetero) is 1. The Balaban J connectivity index is 2.33. The normalized spacial score (nSPS) is 14.5. The summed E-state index contributed by atoms with van der Waals surface area (Å²) >= 11 is 6.45. The van der Waals surface area contributed by atoms with Crippen molar-refractivity contribution in [2.24, 2.45) is 0 Å². The second-order valence-corrected chi connectivity index (χ2v) is 6.56. The van der Waals surface area contributed by atoms with Gasteiger partial charge in [-0.3, -0.25) is 4.79 Å². The van der Waals surface area contributed by atoms with Crippen LogP contribution in [0.5, 0.6) is 0 Å². The van der Waals surface area contributed by atoms with Crippen LogP contribution in [0.25, 0.3) is 0 Å². The standard InChI is InChI=1S/C11H10Br2O/c12-11(13)10(14)9-5-4-7-2-1-3-8(7)6-9/h4-6,11H,1-3H2. The van der Waals surface area contributed by atoms with Crippen LogP contribution in [0.1, 0.15) is 27.9 Å². The molecule has 1 nitrogen and oxygen atoms in total. The molecule has 14 heavy (non-hydrogen) atoms. The number of carbonyl (C=O) groups is 1. The monoisotopic (exact) mass is 316 g/mol. The van der Waals surface area contributed by atoms with Crippen molar-refractivity contribution < 1.29 is 4.79 Å². The first-order valence-corrected chi connectivity index (χ1v) is 6.46. The van der Waals surface area contributed by atoms with Gasteiger partial charge >= 0.3 is 0 Å². The van der Waals surface area contributed by atoms with E-state index in [-0.39, 0.29) is 9.52 Å². The summed E-state index contributed by atoms with van der Waals surface area (Å²) < 4.78 is -0.269. The Morgan fingerprint density at radius 3 is 2.64 bits per heavy atom. The minimum Gasteiger partial charge on any atom is -0.292 e. The number of rotatable bonds is 2. The quantitative estimate of drug-likeness (QED) is 0.603. The van der Waals surface area contributed by atoms with Crippen molar-refractivity contribution in [2.45, 2.75) is 23.0 Å². The van der Waals surface area contributed by atoms with Crippen LogP contribution in [0.3, 0.4) is 0 Å². The summed E-state index contributed by atoms with van der Waals surface area (Å²) in [5, 5.41) is 0. The van der Waals surface area contributed by atoms with E-state index in [1.807, 2.05) is 12.1 Å². The number of halogens is 2. The minimum atomic E-state index is -0.269. The molecule has 0 fully saturated rings. The first-order chi connectivity index (χ1) is 6.68. The van der Waals surface area contributed by atoms with Crippen molar-refractivity contribution in [2.75, 3.05) is 0 Å². The topological polar surface area (TPSA) is 17.1 Å². The lowest BCUT2D eigenvalue weighted by Gasteiger charge is -2.04. The van der Waals surface area contributed by atoms with Gasteiger partial charge in [0.05, 0.1) is 0 Å². The fraction of sp³-hybridized carbons (Fsp3) is 0.364. The molecule has 1 aromatic carbocycles. The smallest absolute Gasteiger partial charge is 0.187 e. The van der Waals surface area contributed by atoms with Gasteiger partial charge < -0.3 is 0 Å². The highest BCUT2D eigenvalue weighted by Gasteiger charge is 2.17. The van der Waals surface area contributed by atoms with Crippen LogP contribution < -0.4 is 0 Å². The maximum Gasteiger partial charge on any atom is 0.187 e. The van der Waals surface area contributed by atoms with Gasteiger partial charge in [0.1, 0.15) is 3.74 Å². The van der Waals surface area contributed by atoms with E-state index in [2.05, 4.69) is 37.9 Å². The van der Waals surface area contributed by atoms with E-state index in [0.29, 0.717) is 0 Å². The number of carbonyl (C=O) groups excluding carboxylic acids is 1. The molecule has 0 aromatic heterocycles. The fourth-order valence-electron chi connectivity index (χ4n) is 1.85. The summed E-state index contributed by atoms with van der Waals surface area (Å²) in [6, 6.07) is 6.03. The average molecular weight is 318 g/mol. The van der Waals surface area contributed by atoms with Gasteiger partial charge in [0.2, 0.25) is 0 Å². The number of ketones is 1. The number of benzene rings is 1. The zero-order valence-electron chi connectivity index (χ0n) is 7.59. The van der Waals surface area contributed by atoms with Gasteiger partial charge in [0, 0.05) is 5.56 Å². The Hall–Kier alpha value is -0.150. The van der Waals surface area contributed by atoms with Gasteiger partial charge in [0.15, 0.2) is 5.78 Å². The van der Waals surface area contributed by atoms with E-state index < -0.39 is 0 Å². The summed E-state index contributed by atoms with van der Waals surface area (Å²) in [4.78, 5) is 11.7. The van der Waals surface area contributed by atoms with Gasteiger partial charge in [-0.05, 0) is 36.5 Å². The third-order valence-corrected chi connectivity index (χ3v) is 3.41. The summed E-state index contributed by atoms with van der Waals surface area (Å²) in [6.45, 7) is 0. The molecular formula is C11H10Br2O. The molecule has 74 valence electrons. The highest BCUT2D eigenvalue weighted by atomic mass is 79.9. The lowest BCUT2D eigenvalue weighted by molar-refractivity contribution is 0.101. The molecule has 1 aromatic rings. The summed E-state index contributed by atoms with van der Waals surface area (Å²) in [7, 11) is 0. The highest BCUT2D eigenvalue weighted by molar-refractivity contribution is 9.25. The Kier molecular flexibility index (Phi) is 3.07. The van der Waals surface area contributed by atoms with Gasteiger partial charge in [-0.15, -0.1) is 0 Å². The Morgan fingerprint density at radius 2 is 1.93 bits per heavy atom. The third kappa shape index (κ3) is 1.94. The molecule has 0 N–H and O–H groups in total. The van der Waals surface area contributed by atoms with Crippen molar-refractivity contribution >= 4 is 37.6 Å². The highest BCUT2D eigenvalue weighted by Crippen LogP contribution is 2.24. The van der Waals surface area contributed by atoms with Gasteiger partial charge in [0.25, 0.3) is 0 Å². The van der Waals surface area contributed by atoms with Crippen molar-refractivity contribution in [1.82, 2.24) is 0 Å². The third-order valence-electron chi connectivity index (χ3n) is 2.58.